The van der Waals surface area contributed by atoms with Crippen LogP contribution in [0.4, 0.5) is 5.82 Å². The van der Waals surface area contributed by atoms with Crippen molar-refractivity contribution in [3.63, 3.8) is 0 Å². The van der Waals surface area contributed by atoms with Gasteiger partial charge in [0.2, 0.25) is 0 Å². The van der Waals surface area contributed by atoms with Gasteiger partial charge in [-0.15, -0.1) is 0 Å². The van der Waals surface area contributed by atoms with Gasteiger partial charge in [0.15, 0.2) is 0 Å². The molecule has 0 amide bonds. The molecule has 3 heterocycles. The van der Waals surface area contributed by atoms with Crippen LogP contribution in [0, 0.1) is 5.41 Å². The molecule has 1 N–H and O–H groups in total. The highest BCUT2D eigenvalue weighted by molar-refractivity contribution is 5.87. The SMILES string of the molecule is CCC1(C)CCN(c2ncnc3[nH]ccc23)C1. The fourth-order valence-electron chi connectivity index (χ4n) is 2.60. The van der Waals surface area contributed by atoms with E-state index in [0.717, 1.165) is 29.9 Å². The molecule has 2 aromatic rings. The summed E-state index contributed by atoms with van der Waals surface area (Å²) < 4.78 is 0. The van der Waals surface area contributed by atoms with Gasteiger partial charge in [-0.25, -0.2) is 9.97 Å². The minimum atomic E-state index is 0.438. The van der Waals surface area contributed by atoms with Crippen LogP contribution in [-0.4, -0.2) is 28.0 Å². The minimum absolute atomic E-state index is 0.438. The second kappa shape index (κ2) is 3.72. The molecule has 1 saturated heterocycles. The number of H-pyrrole nitrogens is 1. The highest BCUT2D eigenvalue weighted by atomic mass is 15.2. The van der Waals surface area contributed by atoms with E-state index in [2.05, 4.69) is 39.8 Å². The predicted molar refractivity (Wildman–Crippen MR) is 69.1 cm³/mol. The van der Waals surface area contributed by atoms with Crippen LogP contribution in [0.5, 0.6) is 0 Å². The molecule has 0 aliphatic carbocycles. The van der Waals surface area contributed by atoms with Gasteiger partial charge < -0.3 is 9.88 Å². The van der Waals surface area contributed by atoms with Crippen LogP contribution < -0.4 is 4.90 Å². The summed E-state index contributed by atoms with van der Waals surface area (Å²) in [5.74, 6) is 1.08. The lowest BCUT2D eigenvalue weighted by molar-refractivity contribution is 0.355. The summed E-state index contributed by atoms with van der Waals surface area (Å²) in [5, 5.41) is 1.13. The van der Waals surface area contributed by atoms with Crippen LogP contribution >= 0.6 is 0 Å². The summed E-state index contributed by atoms with van der Waals surface area (Å²) in [4.78, 5) is 14.2. The Hall–Kier alpha value is -1.58. The lowest BCUT2D eigenvalue weighted by atomic mass is 9.87. The van der Waals surface area contributed by atoms with Crippen molar-refractivity contribution < 1.29 is 0 Å². The van der Waals surface area contributed by atoms with Crippen LogP contribution in [0.3, 0.4) is 0 Å². The molecular weight excluding hydrogens is 212 g/mol. The van der Waals surface area contributed by atoms with Crippen LogP contribution in [0.1, 0.15) is 26.7 Å². The molecule has 0 bridgehead atoms. The lowest BCUT2D eigenvalue weighted by Crippen LogP contribution is -2.25. The second-order valence-corrected chi connectivity index (χ2v) is 5.27. The number of aromatic nitrogens is 3. The van der Waals surface area contributed by atoms with Gasteiger partial charge in [-0.3, -0.25) is 0 Å². The van der Waals surface area contributed by atoms with E-state index >= 15 is 0 Å². The number of aromatic amines is 1. The molecule has 1 atom stereocenters. The number of nitrogens with one attached hydrogen (secondary N) is 1. The predicted octanol–water partition coefficient (Wildman–Crippen LogP) is 2.58. The Morgan fingerprint density at radius 1 is 1.47 bits per heavy atom. The topological polar surface area (TPSA) is 44.8 Å². The maximum atomic E-state index is 4.46. The first-order chi connectivity index (χ1) is 8.22. The van der Waals surface area contributed by atoms with E-state index in [4.69, 9.17) is 0 Å². The van der Waals surface area contributed by atoms with Crippen LogP contribution in [0.2, 0.25) is 0 Å². The Morgan fingerprint density at radius 3 is 3.12 bits per heavy atom. The summed E-state index contributed by atoms with van der Waals surface area (Å²) in [6.45, 7) is 6.83. The Bertz CT molecular complexity index is 533. The number of fused-ring (bicyclic) bond motifs is 1. The maximum Gasteiger partial charge on any atom is 0.142 e. The monoisotopic (exact) mass is 230 g/mol. The molecule has 3 rings (SSSR count). The van der Waals surface area contributed by atoms with Gasteiger partial charge in [-0.2, -0.15) is 0 Å². The normalized spacial score (nSPS) is 24.7. The van der Waals surface area contributed by atoms with E-state index in [1.165, 1.54) is 12.8 Å². The third-order valence-corrected chi connectivity index (χ3v) is 4.04. The first kappa shape index (κ1) is 10.6. The van der Waals surface area contributed by atoms with Crippen molar-refractivity contribution in [3.05, 3.63) is 18.6 Å². The summed E-state index contributed by atoms with van der Waals surface area (Å²) >= 11 is 0. The zero-order valence-corrected chi connectivity index (χ0v) is 10.4. The lowest BCUT2D eigenvalue weighted by Gasteiger charge is -2.23. The molecule has 4 nitrogen and oxygen atoms in total. The third-order valence-electron chi connectivity index (χ3n) is 4.04. The van der Waals surface area contributed by atoms with Crippen molar-refractivity contribution in [1.82, 2.24) is 15.0 Å². The van der Waals surface area contributed by atoms with Gasteiger partial charge in [-0.1, -0.05) is 13.8 Å². The van der Waals surface area contributed by atoms with Crippen molar-refractivity contribution in [2.24, 2.45) is 5.41 Å². The molecule has 1 aliphatic heterocycles. The second-order valence-electron chi connectivity index (χ2n) is 5.27. The van der Waals surface area contributed by atoms with Gasteiger partial charge in [0.1, 0.15) is 17.8 Å². The smallest absolute Gasteiger partial charge is 0.142 e. The van der Waals surface area contributed by atoms with E-state index in [0.29, 0.717) is 5.41 Å². The van der Waals surface area contributed by atoms with Crippen molar-refractivity contribution in [3.8, 4) is 0 Å². The largest absolute Gasteiger partial charge is 0.355 e. The summed E-state index contributed by atoms with van der Waals surface area (Å²) in [5.41, 5.74) is 1.37. The van der Waals surface area contributed by atoms with E-state index in [1.807, 2.05) is 6.20 Å². The molecule has 4 heteroatoms. The van der Waals surface area contributed by atoms with Gasteiger partial charge >= 0.3 is 0 Å². The molecular formula is C13H18N4. The van der Waals surface area contributed by atoms with E-state index in [9.17, 15) is 0 Å². The summed E-state index contributed by atoms with van der Waals surface area (Å²) in [6, 6.07) is 2.06. The minimum Gasteiger partial charge on any atom is -0.355 e. The third kappa shape index (κ3) is 1.68. The summed E-state index contributed by atoms with van der Waals surface area (Å²) in [7, 11) is 0. The Balaban J connectivity index is 1.98. The standard InChI is InChI=1S/C13H18N4/c1-3-13(2)5-7-17(8-13)12-10-4-6-14-11(10)15-9-16-12/h4,6,9H,3,5,7-8H2,1-2H3,(H,14,15,16). The highest BCUT2D eigenvalue weighted by Crippen LogP contribution is 2.36. The molecule has 2 aromatic heterocycles. The van der Waals surface area contributed by atoms with Gasteiger partial charge in [0.05, 0.1) is 5.39 Å². The fraction of sp³-hybridized carbons (Fsp3) is 0.538. The molecule has 1 aliphatic rings. The molecule has 90 valence electrons. The van der Waals surface area contributed by atoms with E-state index < -0.39 is 0 Å². The molecule has 1 fully saturated rings. The first-order valence-corrected chi connectivity index (χ1v) is 6.25. The zero-order chi connectivity index (χ0) is 11.9. The molecule has 1 unspecified atom stereocenters. The Kier molecular flexibility index (Phi) is 2.31. The van der Waals surface area contributed by atoms with Crippen molar-refractivity contribution in [1.29, 1.82) is 0 Å². The van der Waals surface area contributed by atoms with Crippen LogP contribution in [0.25, 0.3) is 11.0 Å². The number of nitrogens with zero attached hydrogens (tertiary/aromatic N) is 3. The number of hydrogen-bond acceptors (Lipinski definition) is 3. The molecule has 0 spiro atoms. The Labute approximate surface area is 101 Å². The maximum absolute atomic E-state index is 4.46. The molecule has 0 radical (unpaired) electrons. The number of anilines is 1. The average Bonchev–Trinajstić information content (AvgIpc) is 2.95. The zero-order valence-electron chi connectivity index (χ0n) is 10.4. The summed E-state index contributed by atoms with van der Waals surface area (Å²) in [6.07, 6.45) is 6.05. The first-order valence-electron chi connectivity index (χ1n) is 6.25. The molecule has 17 heavy (non-hydrogen) atoms. The van der Waals surface area contributed by atoms with Crippen molar-refractivity contribution in [2.75, 3.05) is 18.0 Å². The average molecular weight is 230 g/mol. The molecule has 0 aromatic carbocycles. The van der Waals surface area contributed by atoms with E-state index in [-0.39, 0.29) is 0 Å². The fourth-order valence-corrected chi connectivity index (χ4v) is 2.60. The highest BCUT2D eigenvalue weighted by Gasteiger charge is 2.33. The van der Waals surface area contributed by atoms with Gasteiger partial charge in [0, 0.05) is 19.3 Å². The molecule has 0 saturated carbocycles. The number of hydrogen-bond donors (Lipinski definition) is 1. The van der Waals surface area contributed by atoms with Crippen molar-refractivity contribution in [2.45, 2.75) is 26.7 Å². The van der Waals surface area contributed by atoms with Crippen molar-refractivity contribution >= 4 is 16.9 Å². The quantitative estimate of drug-likeness (QED) is 0.862. The van der Waals surface area contributed by atoms with Crippen LogP contribution in [0.15, 0.2) is 18.6 Å². The van der Waals surface area contributed by atoms with Crippen LogP contribution in [-0.2, 0) is 0 Å². The van der Waals surface area contributed by atoms with Gasteiger partial charge in [0.25, 0.3) is 0 Å². The van der Waals surface area contributed by atoms with E-state index in [1.54, 1.807) is 6.33 Å². The van der Waals surface area contributed by atoms with Gasteiger partial charge in [-0.05, 0) is 24.3 Å². The number of rotatable bonds is 2. The Morgan fingerprint density at radius 2 is 2.35 bits per heavy atom.